The van der Waals surface area contributed by atoms with Gasteiger partial charge in [0.2, 0.25) is 5.91 Å². The average molecular weight is 377 g/mol. The van der Waals surface area contributed by atoms with E-state index in [-0.39, 0.29) is 23.7 Å². The van der Waals surface area contributed by atoms with Gasteiger partial charge in [0.15, 0.2) is 5.16 Å². The Balaban J connectivity index is 1.54. The lowest BCUT2D eigenvalue weighted by Gasteiger charge is -2.18. The molecule has 0 fully saturated rings. The summed E-state index contributed by atoms with van der Waals surface area (Å²) in [7, 11) is 0. The van der Waals surface area contributed by atoms with Crippen molar-refractivity contribution in [3.05, 3.63) is 51.4 Å². The first-order chi connectivity index (χ1) is 12.5. The van der Waals surface area contributed by atoms with Gasteiger partial charge < -0.3 is 5.32 Å². The molecule has 2 aromatic rings. The Bertz CT molecular complexity index is 945. The molecule has 2 aliphatic rings. The first-order valence-corrected chi connectivity index (χ1v) is 9.53. The third-order valence-corrected chi connectivity index (χ3v) is 5.85. The molecule has 0 spiro atoms. The number of benzene rings is 1. The molecule has 136 valence electrons. The molecule has 1 N–H and O–H groups in total. The van der Waals surface area contributed by atoms with Gasteiger partial charge in [-0.15, -0.1) is 0 Å². The van der Waals surface area contributed by atoms with Gasteiger partial charge in [0.1, 0.15) is 11.6 Å². The van der Waals surface area contributed by atoms with Gasteiger partial charge in [0.05, 0.1) is 17.4 Å². The summed E-state index contributed by atoms with van der Waals surface area (Å²) in [5.41, 5.74) is 1.52. The van der Waals surface area contributed by atoms with Gasteiger partial charge in [0, 0.05) is 23.8 Å². The van der Waals surface area contributed by atoms with E-state index in [1.165, 1.54) is 17.8 Å². The quantitative estimate of drug-likeness (QED) is 0.835. The van der Waals surface area contributed by atoms with Crippen LogP contribution < -0.4 is 10.9 Å². The third-order valence-electron chi connectivity index (χ3n) is 4.75. The molecule has 1 aromatic heterocycles. The van der Waals surface area contributed by atoms with Gasteiger partial charge in [-0.25, -0.2) is 13.8 Å². The summed E-state index contributed by atoms with van der Waals surface area (Å²) in [6, 6.07) is 2.67. The van der Waals surface area contributed by atoms with Crippen molar-refractivity contribution in [3.8, 4) is 0 Å². The van der Waals surface area contributed by atoms with Crippen molar-refractivity contribution < 1.29 is 13.6 Å². The van der Waals surface area contributed by atoms with Crippen molar-refractivity contribution >= 4 is 23.4 Å². The van der Waals surface area contributed by atoms with E-state index < -0.39 is 17.5 Å². The first kappa shape index (κ1) is 17.2. The van der Waals surface area contributed by atoms with E-state index in [1.807, 2.05) is 0 Å². The highest BCUT2D eigenvalue weighted by Crippen LogP contribution is 2.34. The van der Waals surface area contributed by atoms with Crippen LogP contribution in [-0.2, 0) is 17.6 Å². The minimum atomic E-state index is -0.826. The predicted octanol–water partition coefficient (Wildman–Crippen LogP) is 3.08. The fourth-order valence-electron chi connectivity index (χ4n) is 3.47. The first-order valence-electron chi connectivity index (χ1n) is 8.55. The van der Waals surface area contributed by atoms with Gasteiger partial charge in [-0.2, -0.15) is 0 Å². The van der Waals surface area contributed by atoms with Crippen LogP contribution in [0.2, 0.25) is 0 Å². The van der Waals surface area contributed by atoms with Gasteiger partial charge in [-0.1, -0.05) is 11.8 Å². The summed E-state index contributed by atoms with van der Waals surface area (Å²) in [5, 5.41) is 3.11. The lowest BCUT2D eigenvalue weighted by Crippen LogP contribution is -2.32. The van der Waals surface area contributed by atoms with Crippen molar-refractivity contribution in [1.82, 2.24) is 9.55 Å². The van der Waals surface area contributed by atoms with Crippen LogP contribution in [0.4, 0.5) is 14.5 Å². The van der Waals surface area contributed by atoms with Crippen molar-refractivity contribution in [3.63, 3.8) is 0 Å². The van der Waals surface area contributed by atoms with E-state index in [0.717, 1.165) is 49.1 Å². The standard InChI is InChI=1S/C18H17F2N3O2S/c19-10-5-6-15(13(20)7-10)21-16(24)8-11-9-26-18-22-14-4-2-1-3-12(14)17(25)23(11)18/h5-7,11H,1-4,8-9H2,(H,21,24). The highest BCUT2D eigenvalue weighted by Gasteiger charge is 2.30. The predicted molar refractivity (Wildman–Crippen MR) is 94.5 cm³/mol. The Labute approximate surface area is 152 Å². The normalized spacial score (nSPS) is 18.3. The topological polar surface area (TPSA) is 64.0 Å². The maximum atomic E-state index is 13.7. The van der Waals surface area contributed by atoms with E-state index in [2.05, 4.69) is 10.3 Å². The number of hydrogen-bond donors (Lipinski definition) is 1. The molecule has 26 heavy (non-hydrogen) atoms. The van der Waals surface area contributed by atoms with E-state index in [4.69, 9.17) is 0 Å². The average Bonchev–Trinajstić information content (AvgIpc) is 3.00. The molecule has 0 radical (unpaired) electrons. The number of halogens is 2. The zero-order valence-corrected chi connectivity index (χ0v) is 14.7. The van der Waals surface area contributed by atoms with Gasteiger partial charge in [0.25, 0.3) is 5.56 Å². The summed E-state index contributed by atoms with van der Waals surface area (Å²) < 4.78 is 28.3. The van der Waals surface area contributed by atoms with Gasteiger partial charge in [-0.3, -0.25) is 14.2 Å². The zero-order chi connectivity index (χ0) is 18.3. The molecule has 2 heterocycles. The minimum Gasteiger partial charge on any atom is -0.324 e. The highest BCUT2D eigenvalue weighted by molar-refractivity contribution is 7.99. The number of thioether (sulfide) groups is 1. The van der Waals surface area contributed by atoms with Crippen LogP contribution in [0.25, 0.3) is 0 Å². The molecule has 5 nitrogen and oxygen atoms in total. The lowest BCUT2D eigenvalue weighted by molar-refractivity contribution is -0.116. The maximum Gasteiger partial charge on any atom is 0.257 e. The van der Waals surface area contributed by atoms with E-state index in [1.54, 1.807) is 4.57 Å². The molecule has 4 rings (SSSR count). The number of rotatable bonds is 3. The van der Waals surface area contributed by atoms with Crippen molar-refractivity contribution in [2.75, 3.05) is 11.1 Å². The summed E-state index contributed by atoms with van der Waals surface area (Å²) in [6.07, 6.45) is 3.62. The molecule has 0 saturated carbocycles. The number of nitrogens with one attached hydrogen (secondary N) is 1. The second-order valence-electron chi connectivity index (χ2n) is 6.54. The Morgan fingerprint density at radius 2 is 2.12 bits per heavy atom. The van der Waals surface area contributed by atoms with Crippen molar-refractivity contribution in [1.29, 1.82) is 0 Å². The van der Waals surface area contributed by atoms with E-state index >= 15 is 0 Å². The largest absolute Gasteiger partial charge is 0.324 e. The fraction of sp³-hybridized carbons (Fsp3) is 0.389. The number of carbonyl (C=O) groups excluding carboxylic acids is 1. The number of nitrogens with zero attached hydrogens (tertiary/aromatic N) is 2. The van der Waals surface area contributed by atoms with Crippen LogP contribution in [0.1, 0.15) is 36.6 Å². The number of anilines is 1. The molecule has 0 bridgehead atoms. The number of fused-ring (bicyclic) bond motifs is 2. The second kappa shape index (κ2) is 6.83. The smallest absolute Gasteiger partial charge is 0.257 e. The lowest BCUT2D eigenvalue weighted by atomic mass is 9.97. The van der Waals surface area contributed by atoms with E-state index in [0.29, 0.717) is 10.9 Å². The fourth-order valence-corrected chi connectivity index (χ4v) is 4.62. The monoisotopic (exact) mass is 377 g/mol. The molecule has 1 amide bonds. The summed E-state index contributed by atoms with van der Waals surface area (Å²) in [5.74, 6) is -1.38. The van der Waals surface area contributed by atoms with Gasteiger partial charge >= 0.3 is 0 Å². The SMILES string of the molecule is O=C(CC1CSc2nc3c(c(=O)n21)CCCC3)Nc1ccc(F)cc1F. The molecule has 0 saturated heterocycles. The van der Waals surface area contributed by atoms with Crippen molar-refractivity contribution in [2.45, 2.75) is 43.3 Å². The Morgan fingerprint density at radius 1 is 1.31 bits per heavy atom. The Morgan fingerprint density at radius 3 is 2.92 bits per heavy atom. The maximum absolute atomic E-state index is 13.7. The Kier molecular flexibility index (Phi) is 4.52. The molecule has 8 heteroatoms. The van der Waals surface area contributed by atoms with Crippen LogP contribution in [0.15, 0.2) is 28.2 Å². The second-order valence-corrected chi connectivity index (χ2v) is 7.53. The van der Waals surface area contributed by atoms with E-state index in [9.17, 15) is 18.4 Å². The number of hydrogen-bond acceptors (Lipinski definition) is 4. The molecule has 1 unspecified atom stereocenters. The van der Waals surface area contributed by atoms with Crippen molar-refractivity contribution in [2.24, 2.45) is 0 Å². The number of aryl methyl sites for hydroxylation is 1. The van der Waals surface area contributed by atoms with Crippen LogP contribution in [-0.4, -0.2) is 21.2 Å². The summed E-state index contributed by atoms with van der Waals surface area (Å²) >= 11 is 1.46. The molecular weight excluding hydrogens is 360 g/mol. The molecule has 1 aromatic carbocycles. The van der Waals surface area contributed by atoms with Crippen LogP contribution in [0.3, 0.4) is 0 Å². The third kappa shape index (κ3) is 3.13. The summed E-state index contributed by atoms with van der Waals surface area (Å²) in [4.78, 5) is 29.7. The highest BCUT2D eigenvalue weighted by atomic mass is 32.2. The van der Waals surface area contributed by atoms with Crippen LogP contribution in [0.5, 0.6) is 0 Å². The molecular formula is C18H17F2N3O2S. The molecule has 1 aliphatic heterocycles. The number of carbonyl (C=O) groups is 1. The number of amides is 1. The van der Waals surface area contributed by atoms with Crippen LogP contribution >= 0.6 is 11.8 Å². The zero-order valence-electron chi connectivity index (χ0n) is 13.9. The van der Waals surface area contributed by atoms with Crippen LogP contribution in [0, 0.1) is 11.6 Å². The summed E-state index contributed by atoms with van der Waals surface area (Å²) in [6.45, 7) is 0. The number of aromatic nitrogens is 2. The molecule has 1 atom stereocenters. The van der Waals surface area contributed by atoms with Gasteiger partial charge in [-0.05, 0) is 37.8 Å². The molecule has 1 aliphatic carbocycles. The minimum absolute atomic E-state index is 0.0389. The Hall–Kier alpha value is -2.22.